The minimum atomic E-state index is -0.0378. The third-order valence-corrected chi connectivity index (χ3v) is 3.99. The Balaban J connectivity index is 1.92. The Hall–Kier alpha value is -2.20. The molecule has 1 amide bonds. The van der Waals surface area contributed by atoms with Crippen LogP contribution in [0.4, 0.5) is 5.69 Å². The summed E-state index contributed by atoms with van der Waals surface area (Å²) in [7, 11) is 4.01. The molecule has 0 spiro atoms. The first-order valence-corrected chi connectivity index (χ1v) is 8.29. The minimum absolute atomic E-state index is 0.0191. The van der Waals surface area contributed by atoms with Crippen LogP contribution in [-0.2, 0) is 11.3 Å². The first kappa shape index (κ1) is 18.1. The first-order valence-electron chi connectivity index (χ1n) is 7.92. The summed E-state index contributed by atoms with van der Waals surface area (Å²) in [5.41, 5.74) is 2.24. The van der Waals surface area contributed by atoms with Gasteiger partial charge >= 0.3 is 0 Å². The van der Waals surface area contributed by atoms with Gasteiger partial charge < -0.3 is 14.5 Å². The summed E-state index contributed by atoms with van der Waals surface area (Å²) in [5.74, 6) is 0.600. The van der Waals surface area contributed by atoms with E-state index < -0.39 is 0 Å². The Morgan fingerprint density at radius 1 is 1.04 bits per heavy atom. The van der Waals surface area contributed by atoms with Crippen LogP contribution in [-0.4, -0.2) is 38.1 Å². The summed E-state index contributed by atoms with van der Waals surface area (Å²) in [4.78, 5) is 16.2. The summed E-state index contributed by atoms with van der Waals surface area (Å²) in [6, 6.07) is 15.2. The molecule has 0 bridgehead atoms. The Morgan fingerprint density at radius 2 is 1.67 bits per heavy atom. The number of carbonyl (C=O) groups is 1. The molecule has 0 fully saturated rings. The summed E-state index contributed by atoms with van der Waals surface area (Å²) >= 11 is 5.83. The monoisotopic (exact) mass is 346 g/mol. The SMILES string of the molecule is CCN(Cc1ccc(N(C)C)cc1)C(=O)COc1ccc(Cl)cc1. The lowest BCUT2D eigenvalue weighted by Crippen LogP contribution is -2.34. The van der Waals surface area contributed by atoms with Gasteiger partial charge in [-0.1, -0.05) is 23.7 Å². The number of ether oxygens (including phenoxy) is 1. The smallest absolute Gasteiger partial charge is 0.260 e. The van der Waals surface area contributed by atoms with Crippen molar-refractivity contribution in [2.75, 3.05) is 32.1 Å². The topological polar surface area (TPSA) is 32.8 Å². The number of halogens is 1. The molecule has 0 aliphatic rings. The van der Waals surface area contributed by atoms with Crippen LogP contribution in [0.3, 0.4) is 0 Å². The van der Waals surface area contributed by atoms with Gasteiger partial charge in [-0.3, -0.25) is 4.79 Å². The van der Waals surface area contributed by atoms with E-state index in [2.05, 4.69) is 12.1 Å². The Kier molecular flexibility index (Phi) is 6.50. The molecule has 0 aliphatic heterocycles. The van der Waals surface area contributed by atoms with Gasteiger partial charge in [0, 0.05) is 37.9 Å². The summed E-state index contributed by atoms with van der Waals surface area (Å²) < 4.78 is 5.54. The number of hydrogen-bond donors (Lipinski definition) is 0. The lowest BCUT2D eigenvalue weighted by atomic mass is 10.2. The zero-order valence-corrected chi connectivity index (χ0v) is 15.1. The van der Waals surface area contributed by atoms with Crippen LogP contribution in [0.15, 0.2) is 48.5 Å². The standard InChI is InChI=1S/C19H23ClN2O2/c1-4-22(13-15-5-9-17(10-6-15)21(2)3)19(23)14-24-18-11-7-16(20)8-12-18/h5-12H,4,13-14H2,1-3H3. The second-order valence-corrected chi connectivity index (χ2v) is 6.15. The molecule has 0 saturated carbocycles. The normalized spacial score (nSPS) is 10.3. The van der Waals surface area contributed by atoms with E-state index in [9.17, 15) is 4.79 Å². The van der Waals surface area contributed by atoms with Gasteiger partial charge in [0.2, 0.25) is 0 Å². The molecular weight excluding hydrogens is 324 g/mol. The third-order valence-electron chi connectivity index (χ3n) is 3.74. The molecule has 0 radical (unpaired) electrons. The van der Waals surface area contributed by atoms with E-state index in [1.807, 2.05) is 38.1 Å². The predicted molar refractivity (Wildman–Crippen MR) is 98.8 cm³/mol. The fraction of sp³-hybridized carbons (Fsp3) is 0.316. The van der Waals surface area contributed by atoms with Gasteiger partial charge in [0.05, 0.1) is 0 Å². The van der Waals surface area contributed by atoms with E-state index in [0.29, 0.717) is 23.9 Å². The lowest BCUT2D eigenvalue weighted by molar-refractivity contribution is -0.133. The van der Waals surface area contributed by atoms with Crippen molar-refractivity contribution in [3.63, 3.8) is 0 Å². The fourth-order valence-electron chi connectivity index (χ4n) is 2.26. The molecule has 0 aromatic heterocycles. The zero-order valence-electron chi connectivity index (χ0n) is 14.3. The second-order valence-electron chi connectivity index (χ2n) is 5.71. The maximum atomic E-state index is 12.4. The van der Waals surface area contributed by atoms with Crippen LogP contribution < -0.4 is 9.64 Å². The van der Waals surface area contributed by atoms with E-state index in [4.69, 9.17) is 16.3 Å². The number of benzene rings is 2. The maximum absolute atomic E-state index is 12.4. The van der Waals surface area contributed by atoms with E-state index in [-0.39, 0.29) is 12.5 Å². The van der Waals surface area contributed by atoms with Gasteiger partial charge in [-0.2, -0.15) is 0 Å². The van der Waals surface area contributed by atoms with Gasteiger partial charge in [-0.15, -0.1) is 0 Å². The summed E-state index contributed by atoms with van der Waals surface area (Å²) in [6.45, 7) is 3.20. The largest absolute Gasteiger partial charge is 0.484 e. The fourth-order valence-corrected chi connectivity index (χ4v) is 2.39. The van der Waals surface area contributed by atoms with Crippen molar-refractivity contribution < 1.29 is 9.53 Å². The number of rotatable bonds is 7. The van der Waals surface area contributed by atoms with Crippen molar-refractivity contribution in [1.82, 2.24) is 4.90 Å². The summed E-state index contributed by atoms with van der Waals surface area (Å²) in [5, 5.41) is 0.644. The van der Waals surface area contributed by atoms with Crippen LogP contribution in [0.1, 0.15) is 12.5 Å². The van der Waals surface area contributed by atoms with Crippen LogP contribution in [0.5, 0.6) is 5.75 Å². The van der Waals surface area contributed by atoms with E-state index in [1.54, 1.807) is 29.2 Å². The van der Waals surface area contributed by atoms with Crippen molar-refractivity contribution in [3.8, 4) is 5.75 Å². The molecule has 2 aromatic rings. The van der Waals surface area contributed by atoms with Crippen LogP contribution in [0.2, 0.25) is 5.02 Å². The molecule has 2 aromatic carbocycles. The number of nitrogens with zero attached hydrogens (tertiary/aromatic N) is 2. The zero-order chi connectivity index (χ0) is 17.5. The highest BCUT2D eigenvalue weighted by atomic mass is 35.5. The number of carbonyl (C=O) groups excluding carboxylic acids is 1. The van der Waals surface area contributed by atoms with Gasteiger partial charge in [-0.05, 0) is 48.9 Å². The second kappa shape index (κ2) is 8.60. The molecular formula is C19H23ClN2O2. The van der Waals surface area contributed by atoms with Crippen molar-refractivity contribution in [3.05, 3.63) is 59.1 Å². The number of likely N-dealkylation sites (N-methyl/N-ethyl adjacent to an activating group) is 1. The molecule has 5 heteroatoms. The number of amides is 1. The molecule has 0 aliphatic carbocycles. The Bertz CT molecular complexity index is 654. The molecule has 0 heterocycles. The quantitative estimate of drug-likeness (QED) is 0.763. The van der Waals surface area contributed by atoms with Gasteiger partial charge in [0.15, 0.2) is 6.61 Å². The highest BCUT2D eigenvalue weighted by molar-refractivity contribution is 6.30. The third kappa shape index (κ3) is 5.17. The molecule has 0 saturated heterocycles. The molecule has 0 unspecified atom stereocenters. The maximum Gasteiger partial charge on any atom is 0.260 e. The van der Waals surface area contributed by atoms with E-state index >= 15 is 0 Å². The van der Waals surface area contributed by atoms with Crippen molar-refractivity contribution in [2.24, 2.45) is 0 Å². The molecule has 4 nitrogen and oxygen atoms in total. The lowest BCUT2D eigenvalue weighted by Gasteiger charge is -2.21. The van der Waals surface area contributed by atoms with Crippen molar-refractivity contribution in [2.45, 2.75) is 13.5 Å². The van der Waals surface area contributed by atoms with Crippen LogP contribution >= 0.6 is 11.6 Å². The molecule has 0 atom stereocenters. The van der Waals surface area contributed by atoms with Gasteiger partial charge in [0.1, 0.15) is 5.75 Å². The predicted octanol–water partition coefficient (Wildman–Crippen LogP) is 3.83. The van der Waals surface area contributed by atoms with Crippen LogP contribution in [0, 0.1) is 0 Å². The van der Waals surface area contributed by atoms with Crippen molar-refractivity contribution >= 4 is 23.2 Å². The molecule has 24 heavy (non-hydrogen) atoms. The average Bonchev–Trinajstić information content (AvgIpc) is 2.59. The number of anilines is 1. The van der Waals surface area contributed by atoms with Crippen molar-refractivity contribution in [1.29, 1.82) is 0 Å². The van der Waals surface area contributed by atoms with Gasteiger partial charge in [-0.25, -0.2) is 0 Å². The highest BCUT2D eigenvalue weighted by Crippen LogP contribution is 2.16. The first-order chi connectivity index (χ1) is 11.5. The summed E-state index contributed by atoms with van der Waals surface area (Å²) in [6.07, 6.45) is 0. The average molecular weight is 347 g/mol. The molecule has 128 valence electrons. The Morgan fingerprint density at radius 3 is 2.21 bits per heavy atom. The Labute approximate surface area is 148 Å². The van der Waals surface area contributed by atoms with Gasteiger partial charge in [0.25, 0.3) is 5.91 Å². The van der Waals surface area contributed by atoms with Crippen LogP contribution in [0.25, 0.3) is 0 Å². The van der Waals surface area contributed by atoms with E-state index in [1.165, 1.54) is 0 Å². The van der Waals surface area contributed by atoms with E-state index in [0.717, 1.165) is 11.3 Å². The molecule has 0 N–H and O–H groups in total. The number of hydrogen-bond acceptors (Lipinski definition) is 3. The minimum Gasteiger partial charge on any atom is -0.484 e. The highest BCUT2D eigenvalue weighted by Gasteiger charge is 2.13. The molecule has 2 rings (SSSR count).